The molecule has 0 saturated heterocycles. The van der Waals surface area contributed by atoms with Crippen molar-refractivity contribution in [3.8, 4) is 0 Å². The summed E-state index contributed by atoms with van der Waals surface area (Å²) in [6.07, 6.45) is -8.19. The Morgan fingerprint density at radius 3 is 0.983 bits per heavy atom. The van der Waals surface area contributed by atoms with Crippen molar-refractivity contribution >= 4 is 67.8 Å². The molecule has 0 aromatic heterocycles. The van der Waals surface area contributed by atoms with Crippen molar-refractivity contribution in [1.82, 2.24) is 0 Å². The van der Waals surface area contributed by atoms with Crippen molar-refractivity contribution in [3.63, 3.8) is 0 Å². The lowest BCUT2D eigenvalue weighted by Crippen LogP contribution is -2.54. The molecule has 0 atom stereocenters. The topological polar surface area (TPSA) is 6.48 Å². The molecule has 8 heteroatoms. The highest BCUT2D eigenvalue weighted by atomic mass is 19.4. The number of hydrogen-bond acceptors (Lipinski definition) is 2. The van der Waals surface area contributed by atoms with Crippen LogP contribution in [0.2, 0.25) is 0 Å². The van der Waals surface area contributed by atoms with Crippen molar-refractivity contribution in [1.29, 1.82) is 0 Å². The Kier molecular flexibility index (Phi) is 10.1. The highest BCUT2D eigenvalue weighted by Crippen LogP contribution is 2.57. The van der Waals surface area contributed by atoms with E-state index in [9.17, 15) is 0 Å². The molecular formula is C51H36F6N2. The number of alkyl halides is 6. The minimum Gasteiger partial charge on any atom is -0.310 e. The lowest BCUT2D eigenvalue weighted by atomic mass is 9.72. The second kappa shape index (κ2) is 15.4. The first-order chi connectivity index (χ1) is 28.4. The number of fused-ring (bicyclic) bond motifs is 2. The molecule has 0 fully saturated rings. The van der Waals surface area contributed by atoms with Gasteiger partial charge in [0.25, 0.3) is 0 Å². The van der Waals surface area contributed by atoms with E-state index in [1.807, 2.05) is 143 Å². The quantitative estimate of drug-likeness (QED) is 0.127. The Hall–Kier alpha value is -7.06. The summed E-state index contributed by atoms with van der Waals surface area (Å²) in [5.41, 5.74) is -1.13. The molecule has 0 amide bonds. The van der Waals surface area contributed by atoms with Crippen molar-refractivity contribution in [2.75, 3.05) is 9.80 Å². The molecule has 59 heavy (non-hydrogen) atoms. The number of hydrogen-bond donors (Lipinski definition) is 0. The second-order valence-electron chi connectivity index (χ2n) is 14.1. The van der Waals surface area contributed by atoms with Gasteiger partial charge in [-0.1, -0.05) is 147 Å². The van der Waals surface area contributed by atoms with Gasteiger partial charge in [-0.15, -0.1) is 0 Å². The van der Waals surface area contributed by atoms with Gasteiger partial charge in [0.05, 0.1) is 11.4 Å². The zero-order valence-corrected chi connectivity index (χ0v) is 31.6. The monoisotopic (exact) mass is 790 g/mol. The summed E-state index contributed by atoms with van der Waals surface area (Å²) >= 11 is 0. The fraction of sp³-hybridized carbons (Fsp3) is 0.0588. The minimum atomic E-state index is -5.78. The summed E-state index contributed by atoms with van der Waals surface area (Å²) < 4.78 is 93.3. The summed E-state index contributed by atoms with van der Waals surface area (Å²) in [5.74, 6) is 0. The number of benzene rings is 8. The van der Waals surface area contributed by atoms with Crippen LogP contribution in [0, 0.1) is 0 Å². The van der Waals surface area contributed by atoms with Gasteiger partial charge in [0.1, 0.15) is 0 Å². The van der Waals surface area contributed by atoms with Gasteiger partial charge in [-0.3, -0.25) is 0 Å². The van der Waals surface area contributed by atoms with Crippen LogP contribution in [-0.4, -0.2) is 12.4 Å². The Morgan fingerprint density at radius 2 is 0.661 bits per heavy atom. The van der Waals surface area contributed by atoms with Gasteiger partial charge in [0.15, 0.2) is 0 Å². The smallest absolute Gasteiger partial charge is 0.310 e. The average Bonchev–Trinajstić information content (AvgIpc) is 3.25. The van der Waals surface area contributed by atoms with Crippen molar-refractivity contribution < 1.29 is 26.3 Å². The zero-order valence-electron chi connectivity index (χ0n) is 31.6. The van der Waals surface area contributed by atoms with E-state index in [-0.39, 0.29) is 0 Å². The fourth-order valence-corrected chi connectivity index (χ4v) is 7.88. The zero-order chi connectivity index (χ0) is 41.4. The van der Waals surface area contributed by atoms with Crippen molar-refractivity contribution in [3.05, 3.63) is 217 Å². The van der Waals surface area contributed by atoms with Gasteiger partial charge >= 0.3 is 12.4 Å². The standard InChI is InChI=1S/C51H36F6N2/c1-3-35-19-27-41(28-20-35)58(47-17-9-13-37-11-5-7-15-45(37)47)43-31-23-39(24-32-43)49(50(52,53)54,51(55,56)57)40-25-33-44(34-26-40)59(42-29-21-36(4-2)22-30-42)48-18-10-14-38-12-6-8-16-46(38)48/h3-34H,1-2H2. The van der Waals surface area contributed by atoms with E-state index in [1.165, 1.54) is 24.3 Å². The van der Waals surface area contributed by atoms with E-state index in [0.29, 0.717) is 34.1 Å². The van der Waals surface area contributed by atoms with Crippen LogP contribution >= 0.6 is 0 Å². The third kappa shape index (κ3) is 6.90. The summed E-state index contributed by atoms with van der Waals surface area (Å²) in [4.78, 5) is 3.64. The predicted molar refractivity (Wildman–Crippen MR) is 230 cm³/mol. The van der Waals surface area contributed by atoms with E-state index in [1.54, 1.807) is 12.2 Å². The van der Waals surface area contributed by atoms with E-state index >= 15 is 26.3 Å². The molecule has 2 nitrogen and oxygen atoms in total. The first kappa shape index (κ1) is 38.8. The van der Waals surface area contributed by atoms with Crippen molar-refractivity contribution in [2.45, 2.75) is 17.8 Å². The molecule has 0 unspecified atom stereocenters. The number of anilines is 6. The summed E-state index contributed by atoms with van der Waals surface area (Å²) in [6.45, 7) is 7.63. The predicted octanol–water partition coefficient (Wildman–Crippen LogP) is 15.6. The SMILES string of the molecule is C=Cc1ccc(N(c2ccc(C(c3ccc(N(c4ccc(C=C)cc4)c4cccc5ccccc45)cc3)(C(F)(F)F)C(F)(F)F)cc2)c2cccc3ccccc23)cc1. The lowest BCUT2D eigenvalue weighted by molar-refractivity contribution is -0.288. The van der Waals surface area contributed by atoms with Crippen LogP contribution in [0.3, 0.4) is 0 Å². The van der Waals surface area contributed by atoms with E-state index < -0.39 is 28.9 Å². The maximum Gasteiger partial charge on any atom is 0.411 e. The molecule has 8 aromatic rings. The Balaban J connectivity index is 1.27. The third-order valence-electron chi connectivity index (χ3n) is 10.8. The minimum absolute atomic E-state index is 0.373. The van der Waals surface area contributed by atoms with Gasteiger partial charge in [0, 0.05) is 33.5 Å². The molecular weight excluding hydrogens is 755 g/mol. The Bertz CT molecular complexity index is 2560. The molecule has 8 rings (SSSR count). The van der Waals surface area contributed by atoms with Gasteiger partial charge in [-0.2, -0.15) is 26.3 Å². The molecule has 0 aliphatic heterocycles. The maximum absolute atomic E-state index is 15.6. The van der Waals surface area contributed by atoms with Crippen molar-refractivity contribution in [2.24, 2.45) is 0 Å². The van der Waals surface area contributed by atoms with Gasteiger partial charge in [0.2, 0.25) is 5.41 Å². The first-order valence-corrected chi connectivity index (χ1v) is 18.8. The highest BCUT2D eigenvalue weighted by Gasteiger charge is 2.72. The van der Waals surface area contributed by atoms with Crippen LogP contribution in [0.4, 0.5) is 60.5 Å². The van der Waals surface area contributed by atoms with Gasteiger partial charge in [-0.05, 0) is 93.7 Å². The van der Waals surface area contributed by atoms with Crippen LogP contribution < -0.4 is 9.80 Å². The lowest BCUT2D eigenvalue weighted by Gasteiger charge is -2.39. The van der Waals surface area contributed by atoms with Crippen LogP contribution in [0.15, 0.2) is 195 Å². The molecule has 292 valence electrons. The van der Waals surface area contributed by atoms with Crippen LogP contribution in [0.25, 0.3) is 33.7 Å². The molecule has 0 radical (unpaired) electrons. The molecule has 0 aliphatic rings. The molecule has 0 N–H and O–H groups in total. The number of nitrogens with zero attached hydrogens (tertiary/aromatic N) is 2. The summed E-state index contributed by atoms with van der Waals surface area (Å²) in [7, 11) is 0. The number of rotatable bonds is 10. The average molecular weight is 791 g/mol. The largest absolute Gasteiger partial charge is 0.411 e. The molecule has 0 heterocycles. The maximum atomic E-state index is 15.6. The first-order valence-electron chi connectivity index (χ1n) is 18.8. The normalized spacial score (nSPS) is 12.0. The molecule has 0 bridgehead atoms. The van der Waals surface area contributed by atoms with E-state index in [2.05, 4.69) is 13.2 Å². The second-order valence-corrected chi connectivity index (χ2v) is 14.1. The molecule has 8 aromatic carbocycles. The Morgan fingerprint density at radius 1 is 0.356 bits per heavy atom. The van der Waals surface area contributed by atoms with Crippen LogP contribution in [0.5, 0.6) is 0 Å². The third-order valence-corrected chi connectivity index (χ3v) is 10.8. The summed E-state index contributed by atoms with van der Waals surface area (Å²) in [5, 5.41) is 3.53. The van der Waals surface area contributed by atoms with Crippen LogP contribution in [-0.2, 0) is 5.41 Å². The molecule has 0 saturated carbocycles. The molecule has 0 aliphatic carbocycles. The van der Waals surface area contributed by atoms with E-state index in [0.717, 1.165) is 56.9 Å². The highest BCUT2D eigenvalue weighted by molar-refractivity contribution is 6.00. The van der Waals surface area contributed by atoms with Gasteiger partial charge in [-0.25, -0.2) is 0 Å². The number of halogens is 6. The fourth-order valence-electron chi connectivity index (χ4n) is 7.88. The van der Waals surface area contributed by atoms with E-state index in [4.69, 9.17) is 0 Å². The van der Waals surface area contributed by atoms with Gasteiger partial charge < -0.3 is 9.80 Å². The summed E-state index contributed by atoms with van der Waals surface area (Å²) in [6, 6.07) is 50.3. The molecule has 0 spiro atoms. The Labute approximate surface area is 338 Å². The van der Waals surface area contributed by atoms with Crippen LogP contribution in [0.1, 0.15) is 22.3 Å².